The van der Waals surface area contributed by atoms with Gasteiger partial charge in [-0.2, -0.15) is 13.2 Å². The third kappa shape index (κ3) is 10.0. The van der Waals surface area contributed by atoms with Crippen LogP contribution in [0.3, 0.4) is 0 Å². The first-order valence-electron chi connectivity index (χ1n) is 16.7. The molecule has 0 radical (unpaired) electrons. The normalized spacial score (nSPS) is 24.3. The number of amides is 4. The molecule has 6 atom stereocenters. The number of hydrogen-bond acceptors (Lipinski definition) is 7. The van der Waals surface area contributed by atoms with Crippen molar-refractivity contribution in [2.75, 3.05) is 13.1 Å². The van der Waals surface area contributed by atoms with E-state index in [0.29, 0.717) is 38.5 Å². The number of ketones is 1. The van der Waals surface area contributed by atoms with Crippen molar-refractivity contribution in [1.29, 1.82) is 0 Å². The highest BCUT2D eigenvalue weighted by Crippen LogP contribution is 2.40. The van der Waals surface area contributed by atoms with Crippen molar-refractivity contribution in [2.45, 2.75) is 129 Å². The van der Waals surface area contributed by atoms with Crippen LogP contribution in [0, 0.1) is 22.7 Å². The molecule has 5 N–H and O–H groups in total. The first-order chi connectivity index (χ1) is 21.8. The second-order valence-corrected chi connectivity index (χ2v) is 14.9. The zero-order chi connectivity index (χ0) is 35.3. The minimum atomic E-state index is -5.19. The second-order valence-electron chi connectivity index (χ2n) is 14.9. The van der Waals surface area contributed by atoms with Crippen molar-refractivity contribution >= 4 is 29.4 Å². The maximum absolute atomic E-state index is 13.9. The largest absolute Gasteiger partial charge is 0.471 e. The summed E-state index contributed by atoms with van der Waals surface area (Å²) in [5.41, 5.74) is -1.79. The topological polar surface area (TPSA) is 157 Å². The fourth-order valence-corrected chi connectivity index (χ4v) is 6.85. The molecule has 1 saturated heterocycles. The molecule has 0 bridgehead atoms. The van der Waals surface area contributed by atoms with Gasteiger partial charge in [0.2, 0.25) is 17.6 Å². The molecule has 266 valence electrons. The zero-order valence-corrected chi connectivity index (χ0v) is 28.2. The van der Waals surface area contributed by atoms with Gasteiger partial charge in [0.15, 0.2) is 0 Å². The van der Waals surface area contributed by atoms with Gasteiger partial charge in [-0.3, -0.25) is 28.9 Å². The Labute approximate surface area is 275 Å². The molecular weight excluding hydrogens is 619 g/mol. The number of aliphatic hydroxyl groups is 1. The van der Waals surface area contributed by atoms with Gasteiger partial charge in [-0.1, -0.05) is 72.8 Å². The number of nitrogens with one attached hydrogen (secondary N) is 4. The summed E-state index contributed by atoms with van der Waals surface area (Å²) in [7, 11) is 0. The van der Waals surface area contributed by atoms with Crippen molar-refractivity contribution in [3.8, 4) is 0 Å². The molecule has 4 amide bonds. The van der Waals surface area contributed by atoms with E-state index >= 15 is 0 Å². The van der Waals surface area contributed by atoms with E-state index in [1.54, 1.807) is 27.7 Å². The Morgan fingerprint density at radius 1 is 1.00 bits per heavy atom. The van der Waals surface area contributed by atoms with E-state index in [0.717, 1.165) is 19.3 Å². The number of aliphatic hydroxyl groups excluding tert-OH is 1. The molecule has 2 aliphatic carbocycles. The molecule has 2 saturated carbocycles. The van der Waals surface area contributed by atoms with Crippen LogP contribution < -0.4 is 21.3 Å². The lowest BCUT2D eigenvalue weighted by Gasteiger charge is -2.44. The maximum atomic E-state index is 13.9. The molecule has 0 spiro atoms. The summed E-state index contributed by atoms with van der Waals surface area (Å²) in [4.78, 5) is 66.7. The number of halogens is 3. The van der Waals surface area contributed by atoms with Gasteiger partial charge in [-0.15, -0.1) is 6.58 Å². The van der Waals surface area contributed by atoms with Crippen LogP contribution in [0.5, 0.6) is 0 Å². The number of alkyl halides is 3. The Bertz CT molecular complexity index is 1180. The Kier molecular flexibility index (Phi) is 12.7. The molecule has 3 aliphatic rings. The summed E-state index contributed by atoms with van der Waals surface area (Å²) >= 11 is 0. The molecule has 3 fully saturated rings. The molecule has 3 rings (SSSR count). The number of carbonyl (C=O) groups excluding carboxylic acids is 5. The Morgan fingerprint density at radius 2 is 1.62 bits per heavy atom. The molecule has 1 aliphatic heterocycles. The summed E-state index contributed by atoms with van der Waals surface area (Å²) in [6.07, 6.45) is 0.485. The van der Waals surface area contributed by atoms with E-state index in [-0.39, 0.29) is 24.9 Å². The lowest BCUT2D eigenvalue weighted by Crippen LogP contribution is -2.65. The Morgan fingerprint density at radius 3 is 2.15 bits per heavy atom. The molecule has 0 aromatic rings. The van der Waals surface area contributed by atoms with Gasteiger partial charge in [0.1, 0.15) is 12.3 Å². The summed E-state index contributed by atoms with van der Waals surface area (Å²) in [6.45, 7) is 12.6. The zero-order valence-electron chi connectivity index (χ0n) is 28.2. The van der Waals surface area contributed by atoms with Crippen molar-refractivity contribution < 1.29 is 42.3 Å². The molecular formula is C33H52F3N5O6. The van der Waals surface area contributed by atoms with Crippen LogP contribution in [0.1, 0.15) is 92.4 Å². The summed E-state index contributed by atoms with van der Waals surface area (Å²) in [6, 6.07) is -4.55. The molecule has 14 heteroatoms. The van der Waals surface area contributed by atoms with Crippen LogP contribution in [0.4, 0.5) is 13.2 Å². The number of carbonyl (C=O) groups is 5. The third-order valence-electron chi connectivity index (χ3n) is 9.89. The van der Waals surface area contributed by atoms with Gasteiger partial charge in [0, 0.05) is 13.1 Å². The average molecular weight is 672 g/mol. The van der Waals surface area contributed by atoms with Crippen LogP contribution in [0.15, 0.2) is 12.7 Å². The van der Waals surface area contributed by atoms with Crippen LogP contribution in [-0.4, -0.2) is 89.1 Å². The van der Waals surface area contributed by atoms with Crippen molar-refractivity contribution in [1.82, 2.24) is 26.2 Å². The fourth-order valence-electron chi connectivity index (χ4n) is 6.85. The lowest BCUT2D eigenvalue weighted by atomic mass is 9.70. The first kappa shape index (κ1) is 38.4. The van der Waals surface area contributed by atoms with E-state index in [1.165, 1.54) is 11.0 Å². The Hall–Kier alpha value is -3.00. The molecule has 0 aromatic heterocycles. The standard InChI is InChI=1S/C33H52F3N5O6/c1-7-16-37-27(44)23(42)21(18-20-11-12-20)38-26(43)22-19(2)13-17-41(22)29(46)25(31(3,4)5)39-28(45)24(40-30(47)33(34,35)36)32(6)14-9-8-10-15-32/h7,19-22,24-25,29,46H,1,8-18H2,2-6H3,(H,37,44)(H,38,43)(H,39,45)(H,40,47)/t19-,21?,22-,24+,25+,29?/m0/s1. The van der Waals surface area contributed by atoms with Gasteiger partial charge in [0.05, 0.1) is 18.1 Å². The minimum absolute atomic E-state index is 0.0914. The fraction of sp³-hybridized carbons (Fsp3) is 0.788. The SMILES string of the molecule is C=CCNC(=O)C(=O)C(CC1CC1)NC(=O)[C@@H]1[C@@H](C)CCN1C(O)[C@@H](NC(=O)[C@@H](NC(=O)C(F)(F)F)C1(C)CCCCC1)C(C)(C)C. The molecule has 47 heavy (non-hydrogen) atoms. The highest BCUT2D eigenvalue weighted by atomic mass is 19.4. The van der Waals surface area contributed by atoms with Crippen LogP contribution in [-0.2, 0) is 24.0 Å². The van der Waals surface area contributed by atoms with Gasteiger partial charge in [0.25, 0.3) is 5.91 Å². The smallest absolute Gasteiger partial charge is 0.376 e. The van der Waals surface area contributed by atoms with Crippen molar-refractivity contribution in [2.24, 2.45) is 22.7 Å². The number of hydrogen-bond donors (Lipinski definition) is 5. The second kappa shape index (κ2) is 15.5. The van der Waals surface area contributed by atoms with Crippen LogP contribution in [0.25, 0.3) is 0 Å². The number of likely N-dealkylation sites (tertiary alicyclic amines) is 1. The van der Waals surface area contributed by atoms with Crippen molar-refractivity contribution in [3.63, 3.8) is 0 Å². The van der Waals surface area contributed by atoms with E-state index in [1.807, 2.05) is 12.2 Å². The van der Waals surface area contributed by atoms with Crippen LogP contribution in [0.2, 0.25) is 0 Å². The van der Waals surface area contributed by atoms with Crippen LogP contribution >= 0.6 is 0 Å². The van der Waals surface area contributed by atoms with Gasteiger partial charge >= 0.3 is 12.1 Å². The average Bonchev–Trinajstić information content (AvgIpc) is 3.72. The van der Waals surface area contributed by atoms with E-state index in [9.17, 15) is 42.3 Å². The third-order valence-corrected chi connectivity index (χ3v) is 9.89. The first-order valence-corrected chi connectivity index (χ1v) is 16.7. The highest BCUT2D eigenvalue weighted by Gasteiger charge is 2.50. The van der Waals surface area contributed by atoms with Gasteiger partial charge in [-0.25, -0.2) is 0 Å². The quantitative estimate of drug-likeness (QED) is 0.140. The highest BCUT2D eigenvalue weighted by molar-refractivity contribution is 6.38. The Balaban J connectivity index is 1.85. The predicted octanol–water partition coefficient (Wildman–Crippen LogP) is 2.72. The molecule has 11 nitrogen and oxygen atoms in total. The van der Waals surface area contributed by atoms with Gasteiger partial charge in [-0.05, 0) is 48.3 Å². The van der Waals surface area contributed by atoms with Crippen molar-refractivity contribution in [3.05, 3.63) is 12.7 Å². The number of rotatable bonds is 14. The maximum Gasteiger partial charge on any atom is 0.471 e. The summed E-state index contributed by atoms with van der Waals surface area (Å²) in [5.74, 6) is -5.28. The lowest BCUT2D eigenvalue weighted by molar-refractivity contribution is -0.176. The number of Topliss-reactive ketones (excluding diaryl/α,β-unsaturated/α-hetero) is 1. The molecule has 0 aromatic carbocycles. The number of nitrogens with zero attached hydrogens (tertiary/aromatic N) is 1. The minimum Gasteiger partial charge on any atom is -0.376 e. The van der Waals surface area contributed by atoms with Gasteiger partial charge < -0.3 is 26.4 Å². The monoisotopic (exact) mass is 671 g/mol. The summed E-state index contributed by atoms with van der Waals surface area (Å²) in [5, 5.41) is 21.7. The van der Waals surface area contributed by atoms with E-state index in [2.05, 4.69) is 22.5 Å². The summed E-state index contributed by atoms with van der Waals surface area (Å²) < 4.78 is 40.0. The molecule has 1 heterocycles. The van der Waals surface area contributed by atoms with E-state index in [4.69, 9.17) is 0 Å². The van der Waals surface area contributed by atoms with E-state index < -0.39 is 76.8 Å². The molecule has 2 unspecified atom stereocenters. The predicted molar refractivity (Wildman–Crippen MR) is 168 cm³/mol.